The van der Waals surface area contributed by atoms with E-state index in [9.17, 15) is 33.3 Å². The minimum Gasteiger partial charge on any atom is -0.389 e. The number of aliphatic hydroxyl groups is 1. The molecule has 0 spiro atoms. The molecule has 0 aliphatic carbocycles. The molecule has 1 fully saturated rings. The summed E-state index contributed by atoms with van der Waals surface area (Å²) < 4.78 is 51.7. The van der Waals surface area contributed by atoms with Crippen molar-refractivity contribution in [3.05, 3.63) is 33.1 Å². The first-order valence-electron chi connectivity index (χ1n) is 7.51. The highest BCUT2D eigenvalue weighted by Gasteiger charge is 2.54. The van der Waals surface area contributed by atoms with Crippen molar-refractivity contribution >= 4 is 24.3 Å². The van der Waals surface area contributed by atoms with Gasteiger partial charge in [0.05, 0.1) is 6.61 Å². The predicted octanol–water partition coefficient (Wildman–Crippen LogP) is -0.108. The van der Waals surface area contributed by atoms with Crippen molar-refractivity contribution in [1.29, 1.82) is 0 Å². The lowest BCUT2D eigenvalue weighted by molar-refractivity contribution is -0.0493. The van der Waals surface area contributed by atoms with Gasteiger partial charge in [-0.05, 0) is 6.92 Å². The van der Waals surface area contributed by atoms with Gasteiger partial charge in [0.2, 0.25) is 0 Å². The van der Waals surface area contributed by atoms with Crippen LogP contribution in [0.1, 0.15) is 13.2 Å². The maximum atomic E-state index is 12.0. The van der Waals surface area contributed by atoms with E-state index in [-0.39, 0.29) is 0 Å². The standard InChI is InChI=1S/C12H15N2O12P3/c1-3-12(2)9(16)7(6-23-28(19,20)26-29(21,22)25-27-18)24-10(12)14-5-4-8(15)13-11(14)17/h1,4-5,7,9-10,16H,6H2,2H3,(H,19,20)(H,21,22)(H,13,15,17)/t7-,9-,10-,12-/m1/s1. The summed E-state index contributed by atoms with van der Waals surface area (Å²) in [6.45, 7) is 0.494. The van der Waals surface area contributed by atoms with Gasteiger partial charge in [0.15, 0.2) is 6.23 Å². The van der Waals surface area contributed by atoms with Crippen molar-refractivity contribution in [2.24, 2.45) is 5.41 Å². The molecule has 4 N–H and O–H groups in total. The molecule has 1 aliphatic rings. The van der Waals surface area contributed by atoms with Gasteiger partial charge in [-0.2, -0.15) is 8.62 Å². The lowest BCUT2D eigenvalue weighted by atomic mass is 9.83. The molecule has 0 amide bonds. The average molecular weight is 472 g/mol. The molecule has 160 valence electrons. The Morgan fingerprint density at radius 3 is 2.62 bits per heavy atom. The summed E-state index contributed by atoms with van der Waals surface area (Å²) in [4.78, 5) is 43.8. The van der Waals surface area contributed by atoms with E-state index in [0.717, 1.165) is 16.8 Å². The van der Waals surface area contributed by atoms with Crippen molar-refractivity contribution in [2.75, 3.05) is 6.61 Å². The van der Waals surface area contributed by atoms with E-state index >= 15 is 0 Å². The number of phosphoric ester groups is 1. The SMILES string of the molecule is C#C[C@]1(C)[C@H](O)[C@@H](COP(=O)(O)OP(=O)(O)OP=O)O[C@H]1n1ccc(=O)[nH]c1=O. The van der Waals surface area contributed by atoms with Crippen LogP contribution in [-0.4, -0.2) is 43.3 Å². The summed E-state index contributed by atoms with van der Waals surface area (Å²) in [5, 5.41) is 10.5. The predicted molar refractivity (Wildman–Crippen MR) is 93.6 cm³/mol. The number of rotatable bonds is 8. The van der Waals surface area contributed by atoms with Gasteiger partial charge in [-0.3, -0.25) is 18.9 Å². The molecule has 1 saturated heterocycles. The summed E-state index contributed by atoms with van der Waals surface area (Å²) in [6.07, 6.45) is 2.32. The summed E-state index contributed by atoms with van der Waals surface area (Å²) in [5.74, 6) is 2.28. The molecule has 1 aliphatic heterocycles. The van der Waals surface area contributed by atoms with Crippen LogP contribution in [0.25, 0.3) is 0 Å². The Bertz CT molecular complexity index is 1030. The van der Waals surface area contributed by atoms with Gasteiger partial charge in [0.1, 0.15) is 17.6 Å². The summed E-state index contributed by atoms with van der Waals surface area (Å²) >= 11 is 0. The molecule has 6 atom stereocenters. The second-order valence-electron chi connectivity index (χ2n) is 5.89. The third kappa shape index (κ3) is 5.36. The highest BCUT2D eigenvalue weighted by atomic mass is 31.3. The number of hydrogen-bond acceptors (Lipinski definition) is 10. The van der Waals surface area contributed by atoms with Gasteiger partial charge in [0.25, 0.3) is 5.56 Å². The van der Waals surface area contributed by atoms with Crippen molar-refractivity contribution in [1.82, 2.24) is 9.55 Å². The van der Waals surface area contributed by atoms with Crippen LogP contribution in [0.2, 0.25) is 0 Å². The number of nitrogens with zero attached hydrogens (tertiary/aromatic N) is 1. The maximum absolute atomic E-state index is 12.0. The molecule has 29 heavy (non-hydrogen) atoms. The monoisotopic (exact) mass is 472 g/mol. The topological polar surface area (TPSA) is 204 Å². The molecule has 0 radical (unpaired) electrons. The van der Waals surface area contributed by atoms with E-state index in [1.807, 2.05) is 4.98 Å². The Balaban J connectivity index is 2.21. The number of nitrogens with one attached hydrogen (secondary N) is 1. The third-order valence-corrected chi connectivity index (χ3v) is 7.16. The molecule has 0 aromatic carbocycles. The minimum atomic E-state index is -5.22. The number of aliphatic hydroxyl groups excluding tert-OH is 1. The third-order valence-electron chi connectivity index (χ3n) is 3.94. The van der Waals surface area contributed by atoms with Crippen LogP contribution in [0.15, 0.2) is 21.9 Å². The number of aromatic nitrogens is 2. The Labute approximate surface area is 163 Å². The second-order valence-corrected chi connectivity index (χ2v) is 9.47. The van der Waals surface area contributed by atoms with E-state index in [1.165, 1.54) is 6.92 Å². The number of ether oxygens (including phenoxy) is 1. The zero-order chi connectivity index (χ0) is 22.0. The van der Waals surface area contributed by atoms with Crippen LogP contribution < -0.4 is 11.2 Å². The lowest BCUT2D eigenvalue weighted by Crippen LogP contribution is -2.40. The molecule has 2 unspecified atom stereocenters. The Morgan fingerprint density at radius 1 is 1.41 bits per heavy atom. The van der Waals surface area contributed by atoms with Gasteiger partial charge in [-0.1, -0.05) is 5.92 Å². The molecule has 1 aromatic heterocycles. The molecule has 2 heterocycles. The minimum absolute atomic E-state index is 0.682. The Hall–Kier alpha value is -1.48. The van der Waals surface area contributed by atoms with Crippen molar-refractivity contribution in [2.45, 2.75) is 25.4 Å². The fraction of sp³-hybridized carbons (Fsp3) is 0.500. The molecule has 0 bridgehead atoms. The first-order chi connectivity index (χ1) is 13.3. The zero-order valence-corrected chi connectivity index (χ0v) is 17.2. The Kier molecular flexibility index (Phi) is 7.15. The highest BCUT2D eigenvalue weighted by molar-refractivity contribution is 7.63. The zero-order valence-electron chi connectivity index (χ0n) is 14.5. The van der Waals surface area contributed by atoms with Gasteiger partial charge in [0, 0.05) is 12.3 Å². The van der Waals surface area contributed by atoms with Crippen molar-refractivity contribution < 1.29 is 46.5 Å². The van der Waals surface area contributed by atoms with E-state index in [0.29, 0.717) is 0 Å². The number of H-pyrrole nitrogens is 1. The van der Waals surface area contributed by atoms with Crippen molar-refractivity contribution in [3.63, 3.8) is 0 Å². The lowest BCUT2D eigenvalue weighted by Gasteiger charge is -2.27. The van der Waals surface area contributed by atoms with E-state index in [1.54, 1.807) is 0 Å². The van der Waals surface area contributed by atoms with Crippen LogP contribution in [0.5, 0.6) is 0 Å². The largest absolute Gasteiger partial charge is 0.491 e. The van der Waals surface area contributed by atoms with Crippen LogP contribution in [0.3, 0.4) is 0 Å². The van der Waals surface area contributed by atoms with Crippen LogP contribution in [-0.2, 0) is 31.6 Å². The fourth-order valence-electron chi connectivity index (χ4n) is 2.55. The summed E-state index contributed by atoms with van der Waals surface area (Å²) in [5.41, 5.74) is -3.10. The molecular formula is C12H15N2O12P3. The molecule has 0 saturated carbocycles. The number of phosphoric acid groups is 2. The second kappa shape index (κ2) is 8.71. The normalized spacial score (nSPS) is 31.1. The first-order valence-corrected chi connectivity index (χ1v) is 11.2. The molecule has 1 aromatic rings. The molecule has 17 heteroatoms. The molecule has 2 rings (SSSR count). The maximum Gasteiger partial charge on any atom is 0.491 e. The summed E-state index contributed by atoms with van der Waals surface area (Å²) in [6, 6.07) is 1.02. The van der Waals surface area contributed by atoms with Crippen molar-refractivity contribution in [3.8, 4) is 12.3 Å². The number of terminal acetylenes is 1. The first kappa shape index (κ1) is 23.8. The highest BCUT2D eigenvalue weighted by Crippen LogP contribution is 2.62. The van der Waals surface area contributed by atoms with Gasteiger partial charge < -0.3 is 19.6 Å². The van der Waals surface area contributed by atoms with E-state index in [4.69, 9.17) is 16.1 Å². The van der Waals surface area contributed by atoms with E-state index in [2.05, 4.69) is 19.1 Å². The molecule has 14 nitrogen and oxygen atoms in total. The molecular weight excluding hydrogens is 457 g/mol. The Morgan fingerprint density at radius 2 is 2.07 bits per heavy atom. The average Bonchev–Trinajstić information content (AvgIpc) is 2.84. The van der Waals surface area contributed by atoms with Gasteiger partial charge in [-0.15, -0.1) is 6.42 Å². The van der Waals surface area contributed by atoms with E-state index < -0.39 is 66.0 Å². The van der Waals surface area contributed by atoms with Gasteiger partial charge >= 0.3 is 30.0 Å². The number of aromatic amines is 1. The summed E-state index contributed by atoms with van der Waals surface area (Å²) in [7, 11) is -11.7. The van der Waals surface area contributed by atoms with Gasteiger partial charge in [-0.25, -0.2) is 18.5 Å². The fourth-order valence-corrected chi connectivity index (χ4v) is 4.84. The van der Waals surface area contributed by atoms with Crippen LogP contribution in [0, 0.1) is 17.8 Å². The smallest absolute Gasteiger partial charge is 0.389 e. The number of hydrogen-bond donors (Lipinski definition) is 4. The van der Waals surface area contributed by atoms with Crippen LogP contribution >= 0.6 is 24.3 Å². The quantitative estimate of drug-likeness (QED) is 0.289. The van der Waals surface area contributed by atoms with Crippen LogP contribution in [0.4, 0.5) is 0 Å².